The quantitative estimate of drug-likeness (QED) is 0.310. The molecular weight excluding hydrogens is 632 g/mol. The Morgan fingerprint density at radius 2 is 1.71 bits per heavy atom. The number of halogens is 1. The minimum atomic E-state index is -0.195. The third kappa shape index (κ3) is 6.04. The van der Waals surface area contributed by atoms with Crippen LogP contribution < -0.4 is 15.8 Å². The normalized spacial score (nSPS) is 16.6. The fourth-order valence-electron chi connectivity index (χ4n) is 6.20. The molecule has 6 rings (SSSR count). The zero-order chi connectivity index (χ0) is 31.8. The second-order valence-corrected chi connectivity index (χ2v) is 12.9. The lowest BCUT2D eigenvalue weighted by Gasteiger charge is -2.45. The van der Waals surface area contributed by atoms with Gasteiger partial charge in [-0.1, -0.05) is 46.3 Å². The molecule has 0 bridgehead atoms. The molecule has 1 atom stereocenters. The maximum atomic E-state index is 14.5. The summed E-state index contributed by atoms with van der Waals surface area (Å²) in [7, 11) is 3.67. The predicted molar refractivity (Wildman–Crippen MR) is 179 cm³/mol. The second kappa shape index (κ2) is 12.6. The number of nitrogens with zero attached hydrogens (tertiary/aromatic N) is 5. The summed E-state index contributed by atoms with van der Waals surface area (Å²) < 4.78 is 2.64. The number of aryl methyl sites for hydroxylation is 1. The van der Waals surface area contributed by atoms with Crippen LogP contribution in [0.5, 0.6) is 0 Å². The fraction of sp³-hybridized carbons (Fsp3) is 0.314. The van der Waals surface area contributed by atoms with E-state index in [2.05, 4.69) is 50.2 Å². The molecule has 1 fully saturated rings. The van der Waals surface area contributed by atoms with Crippen molar-refractivity contribution in [2.45, 2.75) is 45.4 Å². The highest BCUT2D eigenvalue weighted by atomic mass is 79.9. The van der Waals surface area contributed by atoms with Crippen LogP contribution in [0, 0.1) is 6.92 Å². The van der Waals surface area contributed by atoms with Crippen LogP contribution in [0.15, 0.2) is 82.1 Å². The fourth-order valence-corrected chi connectivity index (χ4v) is 6.45. The highest BCUT2D eigenvalue weighted by molar-refractivity contribution is 9.10. The molecule has 0 unspecified atom stereocenters. The van der Waals surface area contributed by atoms with E-state index in [1.54, 1.807) is 35.9 Å². The van der Waals surface area contributed by atoms with E-state index >= 15 is 0 Å². The van der Waals surface area contributed by atoms with E-state index < -0.39 is 0 Å². The zero-order valence-corrected chi connectivity index (χ0v) is 27.5. The summed E-state index contributed by atoms with van der Waals surface area (Å²) in [6.07, 6.45) is 0.393. The van der Waals surface area contributed by atoms with Gasteiger partial charge in [0.05, 0.1) is 24.0 Å². The van der Waals surface area contributed by atoms with Gasteiger partial charge in [-0.25, -0.2) is 9.55 Å². The molecule has 1 N–H and O–H groups in total. The Morgan fingerprint density at radius 3 is 2.36 bits per heavy atom. The summed E-state index contributed by atoms with van der Waals surface area (Å²) >= 11 is 3.53. The first kappa shape index (κ1) is 30.7. The molecule has 2 aliphatic heterocycles. The van der Waals surface area contributed by atoms with Crippen LogP contribution in [0.25, 0.3) is 5.69 Å². The van der Waals surface area contributed by atoms with E-state index in [0.29, 0.717) is 47.0 Å². The van der Waals surface area contributed by atoms with Crippen LogP contribution in [-0.4, -0.2) is 70.4 Å². The van der Waals surface area contributed by atoms with Crippen LogP contribution in [0.1, 0.15) is 50.0 Å². The van der Waals surface area contributed by atoms with E-state index in [9.17, 15) is 14.4 Å². The smallest absolute Gasteiger partial charge is 0.263 e. The van der Waals surface area contributed by atoms with E-state index in [1.807, 2.05) is 55.1 Å². The van der Waals surface area contributed by atoms with Crippen LogP contribution >= 0.6 is 15.9 Å². The third-order valence-electron chi connectivity index (χ3n) is 8.82. The number of rotatable bonds is 7. The van der Waals surface area contributed by atoms with Crippen LogP contribution in [0.3, 0.4) is 0 Å². The lowest BCUT2D eigenvalue weighted by Crippen LogP contribution is -2.59. The number of carbonyl (C=O) groups excluding carboxylic acids is 2. The largest absolute Gasteiger partial charge is 0.355 e. The molecule has 10 heteroatoms. The minimum absolute atomic E-state index is 0.0807. The molecule has 0 aliphatic carbocycles. The minimum Gasteiger partial charge on any atom is -0.355 e. The number of aromatic nitrogens is 2. The second-order valence-electron chi connectivity index (χ2n) is 12.0. The number of hydrogen-bond acceptors (Lipinski definition) is 6. The summed E-state index contributed by atoms with van der Waals surface area (Å²) in [4.78, 5) is 52.1. The van der Waals surface area contributed by atoms with Crippen molar-refractivity contribution >= 4 is 33.7 Å². The van der Waals surface area contributed by atoms with E-state index in [-0.39, 0.29) is 36.0 Å². The van der Waals surface area contributed by atoms with E-state index in [1.165, 1.54) is 0 Å². The highest BCUT2D eigenvalue weighted by Crippen LogP contribution is 2.30. The number of carbonyl (C=O) groups is 2. The summed E-state index contributed by atoms with van der Waals surface area (Å²) in [6, 6.07) is 22.8. The van der Waals surface area contributed by atoms with Gasteiger partial charge in [0, 0.05) is 53.9 Å². The number of hydrogen-bond donors (Lipinski definition) is 1. The van der Waals surface area contributed by atoms with Crippen molar-refractivity contribution in [3.8, 4) is 5.69 Å². The standard InChI is InChI=1S/C35H37BrN6O3/c1-22-16-26(12-15-30(22)36)33(44)40-21-31-29(17-23(40)2)34(45)42(27-13-10-25(11-14-27)32(43)37-3)35(38-31)41(28-19-39(4)20-28)18-24-8-6-5-7-9-24/h5-16,23,28H,17-21H2,1-4H3,(H,37,43)/t23-/m0/s1. The Balaban J connectivity index is 1.48. The number of anilines is 1. The Bertz CT molecular complexity index is 1800. The molecule has 232 valence electrons. The topological polar surface area (TPSA) is 90.8 Å². The first-order valence-corrected chi connectivity index (χ1v) is 16.0. The van der Waals surface area contributed by atoms with Gasteiger partial charge >= 0.3 is 0 Å². The zero-order valence-electron chi connectivity index (χ0n) is 26.0. The van der Waals surface area contributed by atoms with Gasteiger partial charge in [-0.3, -0.25) is 14.4 Å². The predicted octanol–water partition coefficient (Wildman–Crippen LogP) is 4.57. The molecule has 2 aliphatic rings. The maximum absolute atomic E-state index is 14.5. The Kier molecular flexibility index (Phi) is 8.61. The van der Waals surface area contributed by atoms with Crippen molar-refractivity contribution in [3.05, 3.63) is 121 Å². The number of amides is 2. The SMILES string of the molecule is CNC(=O)c1ccc(-n2c(N(Cc3ccccc3)C3CN(C)C3)nc3c(c2=O)C[C@H](C)N(C(=O)c2ccc(Br)c(C)c2)C3)cc1. The molecule has 0 saturated carbocycles. The Morgan fingerprint density at radius 1 is 1.02 bits per heavy atom. The van der Waals surface area contributed by atoms with Gasteiger partial charge in [0.25, 0.3) is 17.4 Å². The van der Waals surface area contributed by atoms with Gasteiger partial charge in [-0.2, -0.15) is 0 Å². The molecule has 3 heterocycles. The summed E-state index contributed by atoms with van der Waals surface area (Å²) in [5.41, 5.74) is 4.94. The Hall–Kier alpha value is -4.28. The van der Waals surface area contributed by atoms with Crippen molar-refractivity contribution < 1.29 is 9.59 Å². The van der Waals surface area contributed by atoms with Gasteiger partial charge in [-0.05, 0) is 80.9 Å². The van der Waals surface area contributed by atoms with Gasteiger partial charge in [-0.15, -0.1) is 0 Å². The monoisotopic (exact) mass is 668 g/mol. The van der Waals surface area contributed by atoms with Crippen molar-refractivity contribution in [2.75, 3.05) is 32.1 Å². The number of benzene rings is 3. The third-order valence-corrected chi connectivity index (χ3v) is 9.70. The molecule has 3 aromatic carbocycles. The average molecular weight is 670 g/mol. The van der Waals surface area contributed by atoms with Crippen molar-refractivity contribution in [3.63, 3.8) is 0 Å². The molecule has 1 aromatic heterocycles. The molecule has 1 saturated heterocycles. The summed E-state index contributed by atoms with van der Waals surface area (Å²) in [6.45, 7) is 6.42. The Labute approximate surface area is 271 Å². The van der Waals surface area contributed by atoms with E-state index in [0.717, 1.165) is 28.7 Å². The van der Waals surface area contributed by atoms with Crippen LogP contribution in [0.4, 0.5) is 5.95 Å². The lowest BCUT2D eigenvalue weighted by atomic mass is 9.98. The van der Waals surface area contributed by atoms with E-state index in [4.69, 9.17) is 4.98 Å². The highest BCUT2D eigenvalue weighted by Gasteiger charge is 2.36. The summed E-state index contributed by atoms with van der Waals surface area (Å²) in [5, 5.41) is 2.65. The first-order chi connectivity index (χ1) is 21.6. The van der Waals surface area contributed by atoms with Crippen LogP contribution in [-0.2, 0) is 19.5 Å². The van der Waals surface area contributed by atoms with Crippen molar-refractivity contribution in [1.82, 2.24) is 24.7 Å². The molecule has 9 nitrogen and oxygen atoms in total. The number of likely N-dealkylation sites (N-methyl/N-ethyl adjacent to an activating group) is 1. The molecule has 45 heavy (non-hydrogen) atoms. The molecule has 4 aromatic rings. The van der Waals surface area contributed by atoms with Crippen LogP contribution in [0.2, 0.25) is 0 Å². The molecule has 0 spiro atoms. The number of nitrogens with one attached hydrogen (secondary N) is 1. The van der Waals surface area contributed by atoms with Gasteiger partial charge in [0.1, 0.15) is 0 Å². The van der Waals surface area contributed by atoms with Gasteiger partial charge in [0.15, 0.2) is 0 Å². The summed E-state index contributed by atoms with van der Waals surface area (Å²) in [5.74, 6) is 0.262. The lowest BCUT2D eigenvalue weighted by molar-refractivity contribution is 0.0652. The van der Waals surface area contributed by atoms with Crippen molar-refractivity contribution in [1.29, 1.82) is 0 Å². The molecular formula is C35H37BrN6O3. The maximum Gasteiger partial charge on any atom is 0.263 e. The van der Waals surface area contributed by atoms with Gasteiger partial charge in [0.2, 0.25) is 5.95 Å². The number of likely N-dealkylation sites (tertiary alicyclic amines) is 1. The number of fused-ring (bicyclic) bond motifs is 1. The van der Waals surface area contributed by atoms with Crippen molar-refractivity contribution in [2.24, 2.45) is 0 Å². The average Bonchev–Trinajstić information content (AvgIpc) is 3.03. The molecule has 2 amide bonds. The van der Waals surface area contributed by atoms with Gasteiger partial charge < -0.3 is 20.0 Å². The molecule has 0 radical (unpaired) electrons. The first-order valence-electron chi connectivity index (χ1n) is 15.2.